The minimum Gasteiger partial charge on any atom is -0.465 e. The molecule has 0 saturated heterocycles. The van der Waals surface area contributed by atoms with Crippen molar-refractivity contribution in [2.24, 2.45) is 0 Å². The van der Waals surface area contributed by atoms with Crippen LogP contribution in [0.5, 0.6) is 0 Å². The molecule has 0 amide bonds. The second-order valence-corrected chi connectivity index (χ2v) is 3.52. The lowest BCUT2D eigenvalue weighted by atomic mass is 10.1. The molecule has 0 radical (unpaired) electrons. The number of nitrogens with one attached hydrogen (secondary N) is 1. The molecule has 0 fully saturated rings. The van der Waals surface area contributed by atoms with Crippen molar-refractivity contribution >= 4 is 23.3 Å². The minimum atomic E-state index is -0.365. The average molecular weight is 212 g/mol. The predicted octanol–water partition coefficient (Wildman–Crippen LogP) is 2.09. The normalized spacial score (nSPS) is 13.3. The number of ether oxygens (including phenoxy) is 1. The molecule has 74 valence electrons. The number of carbonyl (C=O) groups excluding carboxylic acids is 1. The molecule has 3 nitrogen and oxygen atoms in total. The molecule has 2 rings (SSSR count). The number of hydrogen-bond acceptors (Lipinski definition) is 3. The van der Waals surface area contributed by atoms with E-state index in [1.807, 2.05) is 6.07 Å². The van der Waals surface area contributed by atoms with E-state index < -0.39 is 0 Å². The van der Waals surface area contributed by atoms with Crippen molar-refractivity contribution < 1.29 is 9.53 Å². The number of anilines is 1. The first kappa shape index (κ1) is 9.34. The van der Waals surface area contributed by atoms with Crippen LogP contribution in [-0.2, 0) is 11.2 Å². The van der Waals surface area contributed by atoms with E-state index in [1.165, 1.54) is 7.11 Å². The predicted molar refractivity (Wildman–Crippen MR) is 55.0 cm³/mol. The van der Waals surface area contributed by atoms with Gasteiger partial charge < -0.3 is 10.1 Å². The van der Waals surface area contributed by atoms with E-state index in [9.17, 15) is 4.79 Å². The van der Waals surface area contributed by atoms with E-state index in [2.05, 4.69) is 5.32 Å². The second kappa shape index (κ2) is 3.50. The van der Waals surface area contributed by atoms with Crippen LogP contribution in [0.3, 0.4) is 0 Å². The van der Waals surface area contributed by atoms with Crippen LogP contribution in [0.4, 0.5) is 5.69 Å². The van der Waals surface area contributed by atoms with Crippen LogP contribution in [-0.4, -0.2) is 19.6 Å². The van der Waals surface area contributed by atoms with Crippen LogP contribution in [0.2, 0.25) is 5.02 Å². The molecule has 0 unspecified atom stereocenters. The van der Waals surface area contributed by atoms with Gasteiger partial charge in [-0.05, 0) is 24.1 Å². The van der Waals surface area contributed by atoms with Gasteiger partial charge in [0.2, 0.25) is 0 Å². The smallest absolute Gasteiger partial charge is 0.339 e. The van der Waals surface area contributed by atoms with E-state index in [-0.39, 0.29) is 5.97 Å². The summed E-state index contributed by atoms with van der Waals surface area (Å²) in [6.45, 7) is 0.847. The third kappa shape index (κ3) is 1.34. The number of rotatable bonds is 1. The average Bonchev–Trinajstić information content (AvgIpc) is 2.64. The highest BCUT2D eigenvalue weighted by Crippen LogP contribution is 2.31. The monoisotopic (exact) mass is 211 g/mol. The molecular formula is C10H10ClNO2. The van der Waals surface area contributed by atoms with Gasteiger partial charge in [0.15, 0.2) is 0 Å². The van der Waals surface area contributed by atoms with Gasteiger partial charge in [-0.1, -0.05) is 11.6 Å². The summed E-state index contributed by atoms with van der Waals surface area (Å²) in [5, 5.41) is 3.64. The fourth-order valence-corrected chi connectivity index (χ4v) is 1.94. The summed E-state index contributed by atoms with van der Waals surface area (Å²) in [4.78, 5) is 11.5. The Bertz CT molecular complexity index is 390. The van der Waals surface area contributed by atoms with Gasteiger partial charge in [-0.2, -0.15) is 0 Å². The number of halogens is 1. The maximum Gasteiger partial charge on any atom is 0.339 e. The maximum absolute atomic E-state index is 11.5. The van der Waals surface area contributed by atoms with Gasteiger partial charge in [0.25, 0.3) is 0 Å². The first-order valence-corrected chi connectivity index (χ1v) is 4.75. The van der Waals surface area contributed by atoms with Crippen molar-refractivity contribution in [3.63, 3.8) is 0 Å². The molecule has 1 aromatic rings. The molecule has 0 bridgehead atoms. The van der Waals surface area contributed by atoms with Crippen molar-refractivity contribution in [2.75, 3.05) is 19.0 Å². The number of fused-ring (bicyclic) bond motifs is 1. The lowest BCUT2D eigenvalue weighted by Crippen LogP contribution is -2.05. The molecule has 0 saturated carbocycles. The van der Waals surface area contributed by atoms with Crippen molar-refractivity contribution in [2.45, 2.75) is 6.42 Å². The Morgan fingerprint density at radius 1 is 1.57 bits per heavy atom. The Morgan fingerprint density at radius 2 is 2.36 bits per heavy atom. The molecule has 14 heavy (non-hydrogen) atoms. The van der Waals surface area contributed by atoms with Gasteiger partial charge in [-0.15, -0.1) is 0 Å². The van der Waals surface area contributed by atoms with Crippen molar-refractivity contribution in [1.82, 2.24) is 0 Å². The van der Waals surface area contributed by atoms with E-state index in [4.69, 9.17) is 16.3 Å². The summed E-state index contributed by atoms with van der Waals surface area (Å²) >= 11 is 5.95. The van der Waals surface area contributed by atoms with Crippen LogP contribution in [0, 0.1) is 0 Å². The third-order valence-electron chi connectivity index (χ3n) is 2.34. The van der Waals surface area contributed by atoms with Crippen molar-refractivity contribution in [3.05, 3.63) is 28.3 Å². The molecule has 1 aliphatic rings. The van der Waals surface area contributed by atoms with Gasteiger partial charge in [0.05, 0.1) is 17.7 Å². The zero-order chi connectivity index (χ0) is 10.1. The van der Waals surface area contributed by atoms with Gasteiger partial charge in [0.1, 0.15) is 0 Å². The summed E-state index contributed by atoms with van der Waals surface area (Å²) in [7, 11) is 1.36. The molecule has 1 N–H and O–H groups in total. The third-order valence-corrected chi connectivity index (χ3v) is 2.66. The lowest BCUT2D eigenvalue weighted by molar-refractivity contribution is 0.0600. The van der Waals surface area contributed by atoms with E-state index in [1.54, 1.807) is 6.07 Å². The van der Waals surface area contributed by atoms with Crippen LogP contribution < -0.4 is 5.32 Å². The summed E-state index contributed by atoms with van der Waals surface area (Å²) in [5.41, 5.74) is 2.44. The maximum atomic E-state index is 11.5. The minimum absolute atomic E-state index is 0.365. The number of hydrogen-bond donors (Lipinski definition) is 1. The lowest BCUT2D eigenvalue weighted by Gasteiger charge is -2.07. The molecule has 0 spiro atoms. The van der Waals surface area contributed by atoms with Gasteiger partial charge in [-0.25, -0.2) is 4.79 Å². The highest BCUT2D eigenvalue weighted by Gasteiger charge is 2.22. The van der Waals surface area contributed by atoms with E-state index in [0.29, 0.717) is 10.6 Å². The topological polar surface area (TPSA) is 38.3 Å². The number of methoxy groups -OCH3 is 1. The molecule has 0 atom stereocenters. The van der Waals surface area contributed by atoms with Gasteiger partial charge in [-0.3, -0.25) is 0 Å². The van der Waals surface area contributed by atoms with Crippen molar-refractivity contribution in [1.29, 1.82) is 0 Å². The molecule has 0 aromatic heterocycles. The fourth-order valence-electron chi connectivity index (χ4n) is 1.69. The highest BCUT2D eigenvalue weighted by atomic mass is 35.5. The first-order chi connectivity index (χ1) is 6.74. The Balaban J connectivity index is 2.57. The Morgan fingerprint density at radius 3 is 3.07 bits per heavy atom. The number of esters is 1. The summed E-state index contributed by atoms with van der Waals surface area (Å²) in [6.07, 6.45) is 0.820. The zero-order valence-electron chi connectivity index (χ0n) is 7.76. The van der Waals surface area contributed by atoms with Gasteiger partial charge in [0, 0.05) is 12.2 Å². The SMILES string of the molecule is COC(=O)c1c(Cl)ccc2c1CCN2. The molecule has 1 aromatic carbocycles. The van der Waals surface area contributed by atoms with Crippen LogP contribution >= 0.6 is 11.6 Å². The van der Waals surface area contributed by atoms with Gasteiger partial charge >= 0.3 is 5.97 Å². The number of carbonyl (C=O) groups is 1. The Kier molecular flexibility index (Phi) is 2.33. The standard InChI is InChI=1S/C10H10ClNO2/c1-14-10(13)9-6-4-5-12-8(6)3-2-7(9)11/h2-3,12H,4-5H2,1H3. The van der Waals surface area contributed by atoms with E-state index >= 15 is 0 Å². The van der Waals surface area contributed by atoms with Crippen LogP contribution in [0.25, 0.3) is 0 Å². The molecule has 1 heterocycles. The second-order valence-electron chi connectivity index (χ2n) is 3.12. The summed E-state index contributed by atoms with van der Waals surface area (Å²) in [5.74, 6) is -0.365. The summed E-state index contributed by atoms with van der Waals surface area (Å²) < 4.78 is 4.69. The van der Waals surface area contributed by atoms with Crippen molar-refractivity contribution in [3.8, 4) is 0 Å². The largest absolute Gasteiger partial charge is 0.465 e. The Hall–Kier alpha value is -1.22. The number of benzene rings is 1. The Labute approximate surface area is 87.0 Å². The van der Waals surface area contributed by atoms with Crippen LogP contribution in [0.15, 0.2) is 12.1 Å². The van der Waals surface area contributed by atoms with Crippen LogP contribution in [0.1, 0.15) is 15.9 Å². The van der Waals surface area contributed by atoms with E-state index in [0.717, 1.165) is 24.2 Å². The first-order valence-electron chi connectivity index (χ1n) is 4.37. The highest BCUT2D eigenvalue weighted by molar-refractivity contribution is 6.34. The molecular weight excluding hydrogens is 202 g/mol. The fraction of sp³-hybridized carbons (Fsp3) is 0.300. The zero-order valence-corrected chi connectivity index (χ0v) is 8.52. The molecule has 1 aliphatic heterocycles. The molecule has 0 aliphatic carbocycles. The quantitative estimate of drug-likeness (QED) is 0.723. The summed E-state index contributed by atoms with van der Waals surface area (Å²) in [6, 6.07) is 3.60. The molecule has 4 heteroatoms.